The van der Waals surface area contributed by atoms with Gasteiger partial charge in [0.1, 0.15) is 11.5 Å². The molecular weight excluding hydrogens is 188 g/mol. The normalized spacial score (nSPS) is 11.3. The van der Waals surface area contributed by atoms with Gasteiger partial charge in [0, 0.05) is 10.4 Å². The number of benzene rings is 2. The Kier molecular flexibility index (Phi) is 1.54. The van der Waals surface area contributed by atoms with Gasteiger partial charge in [-0.15, -0.1) is 0 Å². The van der Waals surface area contributed by atoms with E-state index in [0.717, 1.165) is 26.6 Å². The fourth-order valence-corrected chi connectivity index (χ4v) is 2.15. The predicted octanol–water partition coefficient (Wildman–Crippen LogP) is 2.29. The summed E-state index contributed by atoms with van der Waals surface area (Å²) in [5.41, 5.74) is 0. The number of ether oxygens (including phenoxy) is 1. The number of rotatable bonds is 1. The first-order valence-corrected chi connectivity index (χ1v) is 4.82. The van der Waals surface area contributed by atoms with Gasteiger partial charge in [-0.3, -0.25) is 0 Å². The highest BCUT2D eigenvalue weighted by Gasteiger charge is 2.09. The predicted molar refractivity (Wildman–Crippen MR) is 56.4 cm³/mol. The van der Waals surface area contributed by atoms with Crippen molar-refractivity contribution in [3.8, 4) is 11.5 Å². The Morgan fingerprint density at radius 1 is 0.933 bits per heavy atom. The number of phenols is 1. The summed E-state index contributed by atoms with van der Waals surface area (Å²) in [4.78, 5) is 0. The maximum atomic E-state index is 9.76. The monoisotopic (exact) mass is 198 g/mol. The van der Waals surface area contributed by atoms with Crippen LogP contribution in [0.5, 0.6) is 11.5 Å². The standard InChI is InChI=1S/C13H10O2/c1-15-11-7-3-5-9-8-4-2-6-10(14)12(8)13(9)11/h2-7,14H,1H3. The molecule has 2 aromatic rings. The van der Waals surface area contributed by atoms with Gasteiger partial charge >= 0.3 is 0 Å². The summed E-state index contributed by atoms with van der Waals surface area (Å²) in [6, 6.07) is 11.5. The second-order valence-electron chi connectivity index (χ2n) is 3.58. The fourth-order valence-electron chi connectivity index (χ4n) is 2.15. The van der Waals surface area contributed by atoms with Crippen LogP contribution in [0.2, 0.25) is 0 Å². The van der Waals surface area contributed by atoms with E-state index in [-0.39, 0.29) is 0 Å². The van der Waals surface area contributed by atoms with E-state index in [1.807, 2.05) is 30.3 Å². The zero-order valence-electron chi connectivity index (χ0n) is 8.32. The van der Waals surface area contributed by atoms with Crippen LogP contribution >= 0.6 is 0 Å². The molecule has 0 radical (unpaired) electrons. The highest BCUT2D eigenvalue weighted by molar-refractivity contribution is 5.42. The van der Waals surface area contributed by atoms with Crippen LogP contribution in [0, 0.1) is 20.9 Å². The van der Waals surface area contributed by atoms with Crippen molar-refractivity contribution < 1.29 is 9.84 Å². The smallest absolute Gasteiger partial charge is 0.127 e. The van der Waals surface area contributed by atoms with E-state index >= 15 is 0 Å². The molecule has 15 heavy (non-hydrogen) atoms. The summed E-state index contributed by atoms with van der Waals surface area (Å²) in [6.07, 6.45) is 0. The average molecular weight is 198 g/mol. The Hall–Kier alpha value is -1.96. The lowest BCUT2D eigenvalue weighted by Crippen LogP contribution is -1.95. The van der Waals surface area contributed by atoms with E-state index < -0.39 is 0 Å². The Bertz CT molecular complexity index is 717. The van der Waals surface area contributed by atoms with Crippen LogP contribution in [0.3, 0.4) is 0 Å². The maximum absolute atomic E-state index is 9.76. The topological polar surface area (TPSA) is 29.5 Å². The first kappa shape index (κ1) is 8.36. The van der Waals surface area contributed by atoms with Crippen molar-refractivity contribution in [3.05, 3.63) is 57.3 Å². The van der Waals surface area contributed by atoms with Crippen LogP contribution in [0.4, 0.5) is 0 Å². The quantitative estimate of drug-likeness (QED) is 0.650. The van der Waals surface area contributed by atoms with Gasteiger partial charge in [0.2, 0.25) is 0 Å². The molecule has 0 heterocycles. The van der Waals surface area contributed by atoms with Gasteiger partial charge in [-0.25, -0.2) is 0 Å². The van der Waals surface area contributed by atoms with Crippen molar-refractivity contribution in [3.63, 3.8) is 0 Å². The Balaban J connectivity index is 2.63. The number of methoxy groups -OCH3 is 1. The Morgan fingerprint density at radius 3 is 2.33 bits per heavy atom. The number of hydrogen-bond acceptors (Lipinski definition) is 2. The fraction of sp³-hybridized carbons (Fsp3) is 0.0769. The van der Waals surface area contributed by atoms with Crippen molar-refractivity contribution in [2.75, 3.05) is 7.11 Å². The van der Waals surface area contributed by atoms with Crippen LogP contribution in [0.15, 0.2) is 36.4 Å². The molecule has 1 aliphatic rings. The van der Waals surface area contributed by atoms with E-state index in [0.29, 0.717) is 5.75 Å². The summed E-state index contributed by atoms with van der Waals surface area (Å²) in [7, 11) is 1.65. The summed E-state index contributed by atoms with van der Waals surface area (Å²) in [6.45, 7) is 0. The van der Waals surface area contributed by atoms with E-state index in [1.165, 1.54) is 0 Å². The molecule has 2 aromatic carbocycles. The van der Waals surface area contributed by atoms with Gasteiger partial charge in [0.05, 0.1) is 7.11 Å². The number of phenolic OH excluding ortho intramolecular Hbond substituents is 1. The molecule has 2 heteroatoms. The molecule has 1 aliphatic carbocycles. The molecule has 0 atom stereocenters. The zero-order chi connectivity index (χ0) is 10.4. The van der Waals surface area contributed by atoms with Gasteiger partial charge in [0.15, 0.2) is 0 Å². The summed E-state index contributed by atoms with van der Waals surface area (Å²) < 4.78 is 5.28. The number of aromatic hydroxyl groups is 1. The lowest BCUT2D eigenvalue weighted by Gasteiger charge is -2.09. The lowest BCUT2D eigenvalue weighted by atomic mass is 10.00. The van der Waals surface area contributed by atoms with Crippen LogP contribution < -0.4 is 4.74 Å². The van der Waals surface area contributed by atoms with Gasteiger partial charge in [-0.2, -0.15) is 0 Å². The third-order valence-electron chi connectivity index (χ3n) is 2.83. The average Bonchev–Trinajstić information content (AvgIpc) is 2.24. The van der Waals surface area contributed by atoms with Crippen molar-refractivity contribution >= 4 is 0 Å². The molecule has 0 fully saturated rings. The molecule has 0 aromatic heterocycles. The minimum Gasteiger partial charge on any atom is -0.507 e. The molecule has 0 amide bonds. The van der Waals surface area contributed by atoms with Gasteiger partial charge in [-0.05, 0) is 22.6 Å². The van der Waals surface area contributed by atoms with Gasteiger partial charge in [0.25, 0.3) is 0 Å². The second kappa shape index (κ2) is 2.76. The molecule has 1 N–H and O–H groups in total. The van der Waals surface area contributed by atoms with Gasteiger partial charge < -0.3 is 9.84 Å². The minimum atomic E-state index is 0.324. The largest absolute Gasteiger partial charge is 0.507 e. The molecule has 0 unspecified atom stereocenters. The van der Waals surface area contributed by atoms with Crippen LogP contribution in [-0.2, 0) is 0 Å². The first-order chi connectivity index (χ1) is 7.33. The lowest BCUT2D eigenvalue weighted by molar-refractivity contribution is 0.409. The van der Waals surface area contributed by atoms with Crippen LogP contribution in [-0.4, -0.2) is 12.2 Å². The molecular formula is C13H10O2. The maximum Gasteiger partial charge on any atom is 0.127 e. The summed E-state index contributed by atoms with van der Waals surface area (Å²) >= 11 is 0. The first-order valence-electron chi connectivity index (χ1n) is 4.82. The third kappa shape index (κ3) is 0.934. The zero-order valence-corrected chi connectivity index (χ0v) is 8.32. The minimum absolute atomic E-state index is 0.324. The van der Waals surface area contributed by atoms with E-state index in [4.69, 9.17) is 4.74 Å². The number of fused-ring (bicyclic) bond motifs is 2. The van der Waals surface area contributed by atoms with Crippen molar-refractivity contribution in [2.24, 2.45) is 0 Å². The summed E-state index contributed by atoms with van der Waals surface area (Å²) in [5.74, 6) is 1.14. The van der Waals surface area contributed by atoms with Crippen LogP contribution in [0.25, 0.3) is 0 Å². The SMILES string of the molecule is COc1cccc2c1=c1c(O)cccc1=2. The molecule has 0 aliphatic heterocycles. The van der Waals surface area contributed by atoms with Crippen LogP contribution in [0.1, 0.15) is 0 Å². The molecule has 0 saturated carbocycles. The van der Waals surface area contributed by atoms with E-state index in [9.17, 15) is 5.11 Å². The molecule has 0 saturated heterocycles. The van der Waals surface area contributed by atoms with Gasteiger partial charge in [-0.1, -0.05) is 24.3 Å². The molecule has 0 spiro atoms. The summed E-state index contributed by atoms with van der Waals surface area (Å²) in [5, 5.41) is 13.9. The molecule has 74 valence electrons. The third-order valence-corrected chi connectivity index (χ3v) is 2.83. The highest BCUT2D eigenvalue weighted by Crippen LogP contribution is 2.26. The van der Waals surface area contributed by atoms with E-state index in [1.54, 1.807) is 13.2 Å². The highest BCUT2D eigenvalue weighted by atomic mass is 16.5. The van der Waals surface area contributed by atoms with Crippen molar-refractivity contribution in [1.82, 2.24) is 0 Å². The van der Waals surface area contributed by atoms with Crippen molar-refractivity contribution in [2.45, 2.75) is 0 Å². The molecule has 3 rings (SSSR count). The molecule has 0 bridgehead atoms. The Morgan fingerprint density at radius 2 is 1.60 bits per heavy atom. The second-order valence-corrected chi connectivity index (χ2v) is 3.58. The molecule has 2 nitrogen and oxygen atoms in total. The number of hydrogen-bond donors (Lipinski definition) is 1. The Labute approximate surface area is 86.4 Å². The van der Waals surface area contributed by atoms with E-state index in [2.05, 4.69) is 0 Å². The van der Waals surface area contributed by atoms with Crippen molar-refractivity contribution in [1.29, 1.82) is 0 Å².